The van der Waals surface area contributed by atoms with Crippen molar-refractivity contribution in [1.82, 2.24) is 0 Å². The molecule has 0 unspecified atom stereocenters. The summed E-state index contributed by atoms with van der Waals surface area (Å²) in [7, 11) is 1.55. The fourth-order valence-corrected chi connectivity index (χ4v) is 1.86. The van der Waals surface area contributed by atoms with Crippen molar-refractivity contribution < 1.29 is 18.7 Å². The van der Waals surface area contributed by atoms with E-state index >= 15 is 0 Å². The fraction of sp³-hybridized carbons (Fsp3) is 0.111. The van der Waals surface area contributed by atoms with E-state index in [9.17, 15) is 9.18 Å². The number of esters is 1. The second-order valence-electron chi connectivity index (χ2n) is 4.65. The lowest BCUT2D eigenvalue weighted by atomic mass is 10.1. The Bertz CT molecular complexity index is 761. The third kappa shape index (κ3) is 4.68. The summed E-state index contributed by atoms with van der Waals surface area (Å²) in [6.45, 7) is -0.0990. The predicted octanol–water partition coefficient (Wildman–Crippen LogP) is 3.48. The van der Waals surface area contributed by atoms with Gasteiger partial charge in [-0.05, 0) is 41.5 Å². The molecule has 2 aromatic carbocycles. The molecule has 0 fully saturated rings. The van der Waals surface area contributed by atoms with Gasteiger partial charge in [-0.2, -0.15) is 5.26 Å². The Morgan fingerprint density at radius 3 is 2.61 bits per heavy atom. The first-order valence-corrected chi connectivity index (χ1v) is 6.80. The van der Waals surface area contributed by atoms with Gasteiger partial charge in [0.1, 0.15) is 29.8 Å². The molecule has 0 bridgehead atoms. The van der Waals surface area contributed by atoms with Crippen LogP contribution in [-0.2, 0) is 16.1 Å². The molecule has 0 saturated heterocycles. The lowest BCUT2D eigenvalue weighted by molar-refractivity contribution is -0.139. The molecule has 2 aromatic rings. The summed E-state index contributed by atoms with van der Waals surface area (Å²) in [5, 5.41) is 9.10. The van der Waals surface area contributed by atoms with Crippen LogP contribution in [0.3, 0.4) is 0 Å². The average Bonchev–Trinajstić information content (AvgIpc) is 2.58. The summed E-state index contributed by atoms with van der Waals surface area (Å²) in [4.78, 5) is 11.9. The van der Waals surface area contributed by atoms with E-state index in [1.165, 1.54) is 24.3 Å². The van der Waals surface area contributed by atoms with Gasteiger partial charge in [-0.1, -0.05) is 24.3 Å². The van der Waals surface area contributed by atoms with Crippen molar-refractivity contribution in [2.45, 2.75) is 6.61 Å². The molecule has 2 rings (SSSR count). The topological polar surface area (TPSA) is 59.3 Å². The van der Waals surface area contributed by atoms with E-state index < -0.39 is 11.8 Å². The predicted molar refractivity (Wildman–Crippen MR) is 82.8 cm³/mol. The molecule has 0 aliphatic heterocycles. The van der Waals surface area contributed by atoms with Gasteiger partial charge in [0.15, 0.2) is 0 Å². The molecular formula is C18H14FNO3. The number of nitrogens with zero attached hydrogens (tertiary/aromatic N) is 1. The normalized spacial score (nSPS) is 10.7. The van der Waals surface area contributed by atoms with Gasteiger partial charge in [-0.3, -0.25) is 0 Å². The SMILES string of the molecule is COc1ccc(/C=C(\C#N)C(=O)OCc2cccc(F)c2)cc1. The Morgan fingerprint density at radius 2 is 2.00 bits per heavy atom. The minimum atomic E-state index is -0.757. The van der Waals surface area contributed by atoms with Gasteiger partial charge in [0, 0.05) is 0 Å². The minimum Gasteiger partial charge on any atom is -0.497 e. The Labute approximate surface area is 133 Å². The highest BCUT2D eigenvalue weighted by Gasteiger charge is 2.11. The van der Waals surface area contributed by atoms with E-state index in [1.54, 1.807) is 37.4 Å². The second-order valence-corrected chi connectivity index (χ2v) is 4.65. The highest BCUT2D eigenvalue weighted by Crippen LogP contribution is 2.15. The van der Waals surface area contributed by atoms with E-state index in [0.29, 0.717) is 16.9 Å². The Hall–Kier alpha value is -3.13. The summed E-state index contributed by atoms with van der Waals surface area (Å²) < 4.78 is 23.1. The van der Waals surface area contributed by atoms with Gasteiger partial charge in [0.05, 0.1) is 7.11 Å². The molecule has 0 heterocycles. The van der Waals surface area contributed by atoms with E-state index in [0.717, 1.165) is 0 Å². The van der Waals surface area contributed by atoms with Crippen molar-refractivity contribution in [2.24, 2.45) is 0 Å². The molecule has 0 aliphatic rings. The Kier molecular flexibility index (Phi) is 5.48. The van der Waals surface area contributed by atoms with Gasteiger partial charge in [0.25, 0.3) is 0 Å². The quantitative estimate of drug-likeness (QED) is 0.482. The maximum atomic E-state index is 13.1. The number of methoxy groups -OCH3 is 1. The summed E-state index contributed by atoms with van der Waals surface area (Å²) in [6, 6.07) is 14.4. The van der Waals surface area contributed by atoms with Gasteiger partial charge >= 0.3 is 5.97 Å². The summed E-state index contributed by atoms with van der Waals surface area (Å²) in [5.74, 6) is -0.491. The smallest absolute Gasteiger partial charge is 0.349 e. The highest BCUT2D eigenvalue weighted by molar-refractivity contribution is 5.97. The number of hydrogen-bond acceptors (Lipinski definition) is 4. The summed E-state index contributed by atoms with van der Waals surface area (Å²) in [6.07, 6.45) is 1.42. The zero-order valence-corrected chi connectivity index (χ0v) is 12.5. The number of ether oxygens (including phenoxy) is 2. The third-order valence-electron chi connectivity index (χ3n) is 3.03. The molecule has 0 saturated carbocycles. The first-order chi connectivity index (χ1) is 11.1. The summed E-state index contributed by atoms with van der Waals surface area (Å²) in [5.41, 5.74) is 1.05. The molecule has 0 spiro atoms. The average molecular weight is 311 g/mol. The van der Waals surface area contributed by atoms with Crippen LogP contribution in [0.2, 0.25) is 0 Å². The largest absolute Gasteiger partial charge is 0.497 e. The van der Waals surface area contributed by atoms with Gasteiger partial charge in [-0.25, -0.2) is 9.18 Å². The van der Waals surface area contributed by atoms with Crippen LogP contribution in [0, 0.1) is 17.1 Å². The lowest BCUT2D eigenvalue weighted by Gasteiger charge is -2.04. The maximum Gasteiger partial charge on any atom is 0.349 e. The minimum absolute atomic E-state index is 0.0990. The lowest BCUT2D eigenvalue weighted by Crippen LogP contribution is -2.07. The van der Waals surface area contributed by atoms with Crippen LogP contribution in [0.5, 0.6) is 5.75 Å². The monoisotopic (exact) mass is 311 g/mol. The number of carbonyl (C=O) groups is 1. The van der Waals surface area contributed by atoms with Crippen molar-refractivity contribution in [1.29, 1.82) is 5.26 Å². The van der Waals surface area contributed by atoms with Crippen LogP contribution in [-0.4, -0.2) is 13.1 Å². The molecule has 116 valence electrons. The molecule has 4 nitrogen and oxygen atoms in total. The number of rotatable bonds is 5. The first-order valence-electron chi connectivity index (χ1n) is 6.80. The van der Waals surface area contributed by atoms with Crippen LogP contribution >= 0.6 is 0 Å². The maximum absolute atomic E-state index is 13.1. The molecule has 23 heavy (non-hydrogen) atoms. The van der Waals surface area contributed by atoms with Crippen LogP contribution in [0.25, 0.3) is 6.08 Å². The molecule has 5 heteroatoms. The number of carbonyl (C=O) groups excluding carboxylic acids is 1. The van der Waals surface area contributed by atoms with Crippen LogP contribution in [0.4, 0.5) is 4.39 Å². The fourth-order valence-electron chi connectivity index (χ4n) is 1.86. The van der Waals surface area contributed by atoms with Gasteiger partial charge in [-0.15, -0.1) is 0 Å². The van der Waals surface area contributed by atoms with E-state index in [-0.39, 0.29) is 12.2 Å². The standard InChI is InChI=1S/C18H14FNO3/c1-22-17-7-5-13(6-8-17)9-15(11-20)18(21)23-12-14-3-2-4-16(19)10-14/h2-10H,12H2,1H3/b15-9+. The summed E-state index contributed by atoms with van der Waals surface area (Å²) >= 11 is 0. The third-order valence-corrected chi connectivity index (χ3v) is 3.03. The highest BCUT2D eigenvalue weighted by atomic mass is 19.1. The number of hydrogen-bond donors (Lipinski definition) is 0. The molecule has 0 atom stereocenters. The molecular weight excluding hydrogens is 297 g/mol. The van der Waals surface area contributed by atoms with E-state index in [4.69, 9.17) is 14.7 Å². The Morgan fingerprint density at radius 1 is 1.26 bits per heavy atom. The number of nitriles is 1. The van der Waals surface area contributed by atoms with Gasteiger partial charge in [0.2, 0.25) is 0 Å². The molecule has 0 radical (unpaired) electrons. The second kappa shape index (κ2) is 7.76. The number of benzene rings is 2. The first kappa shape index (κ1) is 16.2. The van der Waals surface area contributed by atoms with Crippen molar-refractivity contribution >= 4 is 12.0 Å². The van der Waals surface area contributed by atoms with Crippen molar-refractivity contribution in [3.63, 3.8) is 0 Å². The van der Waals surface area contributed by atoms with Crippen LogP contribution < -0.4 is 4.74 Å². The van der Waals surface area contributed by atoms with E-state index in [2.05, 4.69) is 0 Å². The van der Waals surface area contributed by atoms with Gasteiger partial charge < -0.3 is 9.47 Å². The van der Waals surface area contributed by atoms with E-state index in [1.807, 2.05) is 6.07 Å². The number of halogens is 1. The molecule has 0 aromatic heterocycles. The molecule has 0 aliphatic carbocycles. The molecule has 0 amide bonds. The van der Waals surface area contributed by atoms with Crippen molar-refractivity contribution in [2.75, 3.05) is 7.11 Å². The molecule has 0 N–H and O–H groups in total. The van der Waals surface area contributed by atoms with Crippen molar-refractivity contribution in [3.05, 3.63) is 71.0 Å². The zero-order valence-electron chi connectivity index (χ0n) is 12.5. The van der Waals surface area contributed by atoms with Crippen LogP contribution in [0.1, 0.15) is 11.1 Å². The Balaban J connectivity index is 2.05. The van der Waals surface area contributed by atoms with Crippen molar-refractivity contribution in [3.8, 4) is 11.8 Å². The van der Waals surface area contributed by atoms with Crippen LogP contribution in [0.15, 0.2) is 54.1 Å². The zero-order chi connectivity index (χ0) is 16.7.